The van der Waals surface area contributed by atoms with Crippen molar-refractivity contribution in [3.05, 3.63) is 29.8 Å². The fourth-order valence-electron chi connectivity index (χ4n) is 3.84. The van der Waals surface area contributed by atoms with Gasteiger partial charge in [0, 0.05) is 32.6 Å². The van der Waals surface area contributed by atoms with Crippen LogP contribution < -0.4 is 0 Å². The van der Waals surface area contributed by atoms with Crippen LogP contribution in [0.5, 0.6) is 5.75 Å². The average molecular weight is 332 g/mol. The van der Waals surface area contributed by atoms with E-state index in [-0.39, 0.29) is 29.6 Å². The summed E-state index contributed by atoms with van der Waals surface area (Å²) in [4.78, 5) is 28.0. The number of para-hydroxylation sites is 1. The van der Waals surface area contributed by atoms with E-state index in [0.29, 0.717) is 38.2 Å². The van der Waals surface area contributed by atoms with E-state index in [9.17, 15) is 14.7 Å². The molecule has 0 bridgehead atoms. The van der Waals surface area contributed by atoms with Gasteiger partial charge in [0.1, 0.15) is 5.75 Å². The van der Waals surface area contributed by atoms with Gasteiger partial charge in [-0.15, -0.1) is 0 Å². The minimum Gasteiger partial charge on any atom is -0.507 e. The zero-order valence-corrected chi connectivity index (χ0v) is 13.8. The fourth-order valence-corrected chi connectivity index (χ4v) is 3.84. The van der Waals surface area contributed by atoms with Gasteiger partial charge >= 0.3 is 0 Å². The second-order valence-corrected chi connectivity index (χ2v) is 6.85. The number of rotatable bonds is 3. The summed E-state index contributed by atoms with van der Waals surface area (Å²) in [6, 6.07) is 6.62. The Morgan fingerprint density at radius 2 is 1.88 bits per heavy atom. The third-order valence-corrected chi connectivity index (χ3v) is 5.36. The molecule has 2 aliphatic heterocycles. The summed E-state index contributed by atoms with van der Waals surface area (Å²) >= 11 is 0. The Labute approximate surface area is 141 Å². The zero-order chi connectivity index (χ0) is 17.2. The Morgan fingerprint density at radius 3 is 2.54 bits per heavy atom. The SMILES string of the molecule is O=C1CCC2(CCN(C(=O)c3ccccc3O)CC2)CN1CCO. The molecule has 3 rings (SSSR count). The Morgan fingerprint density at radius 1 is 1.17 bits per heavy atom. The van der Waals surface area contributed by atoms with Gasteiger partial charge in [-0.25, -0.2) is 0 Å². The van der Waals surface area contributed by atoms with E-state index >= 15 is 0 Å². The number of carbonyl (C=O) groups is 2. The van der Waals surface area contributed by atoms with Gasteiger partial charge < -0.3 is 20.0 Å². The number of phenolic OH excluding ortho intramolecular Hbond substituents is 1. The van der Waals surface area contributed by atoms with Gasteiger partial charge in [0.15, 0.2) is 0 Å². The van der Waals surface area contributed by atoms with Crippen LogP contribution in [0.1, 0.15) is 36.0 Å². The number of β-amino-alcohol motifs (C(OH)–C–C–N with tert-alkyl or cyclic N) is 1. The first-order chi connectivity index (χ1) is 11.5. The summed E-state index contributed by atoms with van der Waals surface area (Å²) in [5, 5.41) is 19.0. The number of phenols is 1. The molecule has 2 fully saturated rings. The summed E-state index contributed by atoms with van der Waals surface area (Å²) in [5.74, 6) is -0.00962. The normalized spacial score (nSPS) is 20.5. The second-order valence-electron chi connectivity index (χ2n) is 6.85. The monoisotopic (exact) mass is 332 g/mol. The second kappa shape index (κ2) is 6.81. The smallest absolute Gasteiger partial charge is 0.257 e. The van der Waals surface area contributed by atoms with E-state index in [1.165, 1.54) is 6.07 Å². The molecule has 2 aliphatic rings. The third kappa shape index (κ3) is 3.24. The van der Waals surface area contributed by atoms with Crippen molar-refractivity contribution in [1.29, 1.82) is 0 Å². The van der Waals surface area contributed by atoms with Crippen molar-refractivity contribution in [3.63, 3.8) is 0 Å². The number of hydrogen-bond donors (Lipinski definition) is 2. The maximum atomic E-state index is 12.6. The maximum Gasteiger partial charge on any atom is 0.257 e. The molecule has 0 saturated carbocycles. The average Bonchev–Trinajstić information content (AvgIpc) is 2.59. The highest BCUT2D eigenvalue weighted by atomic mass is 16.3. The number of aromatic hydroxyl groups is 1. The van der Waals surface area contributed by atoms with Crippen molar-refractivity contribution in [2.45, 2.75) is 25.7 Å². The van der Waals surface area contributed by atoms with E-state index in [1.807, 2.05) is 0 Å². The Balaban J connectivity index is 1.64. The van der Waals surface area contributed by atoms with Gasteiger partial charge in [-0.3, -0.25) is 9.59 Å². The van der Waals surface area contributed by atoms with Crippen LogP contribution in [-0.2, 0) is 4.79 Å². The standard InChI is InChI=1S/C18H24N2O4/c21-12-11-20-13-18(6-5-16(20)23)7-9-19(10-8-18)17(24)14-3-1-2-4-15(14)22/h1-4,21-22H,5-13H2. The molecule has 2 saturated heterocycles. The van der Waals surface area contributed by atoms with E-state index < -0.39 is 0 Å². The van der Waals surface area contributed by atoms with Crippen molar-refractivity contribution >= 4 is 11.8 Å². The molecule has 1 spiro atoms. The summed E-state index contributed by atoms with van der Waals surface area (Å²) in [6.45, 7) is 2.31. The topological polar surface area (TPSA) is 81.1 Å². The number of amides is 2. The van der Waals surface area contributed by atoms with Crippen LogP contribution in [0.4, 0.5) is 0 Å². The predicted octanol–water partition coefficient (Wildman–Crippen LogP) is 1.23. The number of aliphatic hydroxyl groups is 1. The first kappa shape index (κ1) is 16.8. The molecule has 130 valence electrons. The Bertz CT molecular complexity index is 623. The molecule has 0 aromatic heterocycles. The van der Waals surface area contributed by atoms with Crippen molar-refractivity contribution < 1.29 is 19.8 Å². The molecule has 1 aromatic rings. The molecule has 2 N–H and O–H groups in total. The molecular formula is C18H24N2O4. The molecule has 6 nitrogen and oxygen atoms in total. The molecular weight excluding hydrogens is 308 g/mol. The fraction of sp³-hybridized carbons (Fsp3) is 0.556. The summed E-state index contributed by atoms with van der Waals surface area (Å²) < 4.78 is 0. The van der Waals surface area contributed by atoms with Gasteiger partial charge in [0.25, 0.3) is 5.91 Å². The van der Waals surface area contributed by atoms with Gasteiger partial charge in [0.05, 0.1) is 12.2 Å². The van der Waals surface area contributed by atoms with Gasteiger partial charge in [0.2, 0.25) is 5.91 Å². The summed E-state index contributed by atoms with van der Waals surface area (Å²) in [5.41, 5.74) is 0.396. The predicted molar refractivity (Wildman–Crippen MR) is 88.6 cm³/mol. The Hall–Kier alpha value is -2.08. The van der Waals surface area contributed by atoms with Crippen LogP contribution in [0.15, 0.2) is 24.3 Å². The molecule has 0 unspecified atom stereocenters. The lowest BCUT2D eigenvalue weighted by atomic mass is 9.72. The van der Waals surface area contributed by atoms with Crippen molar-refractivity contribution in [1.82, 2.24) is 9.80 Å². The molecule has 0 atom stereocenters. The van der Waals surface area contributed by atoms with Crippen LogP contribution >= 0.6 is 0 Å². The first-order valence-corrected chi connectivity index (χ1v) is 8.51. The highest BCUT2D eigenvalue weighted by molar-refractivity contribution is 5.96. The molecule has 2 heterocycles. The highest BCUT2D eigenvalue weighted by Gasteiger charge is 2.41. The summed E-state index contributed by atoms with van der Waals surface area (Å²) in [7, 11) is 0. The molecule has 6 heteroatoms. The van der Waals surface area contributed by atoms with E-state index in [2.05, 4.69) is 0 Å². The van der Waals surface area contributed by atoms with Crippen LogP contribution in [0.3, 0.4) is 0 Å². The largest absolute Gasteiger partial charge is 0.507 e. The zero-order valence-electron chi connectivity index (χ0n) is 13.8. The van der Waals surface area contributed by atoms with Crippen LogP contribution in [0, 0.1) is 5.41 Å². The lowest BCUT2D eigenvalue weighted by Crippen LogP contribution is -2.52. The number of nitrogens with zero attached hydrogens (tertiary/aromatic N) is 2. The van der Waals surface area contributed by atoms with Crippen LogP contribution in [-0.4, -0.2) is 64.6 Å². The number of benzene rings is 1. The number of hydrogen-bond acceptors (Lipinski definition) is 4. The quantitative estimate of drug-likeness (QED) is 0.872. The molecule has 2 amide bonds. The minimum absolute atomic E-state index is 0.0140. The number of carbonyl (C=O) groups excluding carboxylic acids is 2. The lowest BCUT2D eigenvalue weighted by Gasteiger charge is -2.47. The maximum absolute atomic E-state index is 12.6. The van der Waals surface area contributed by atoms with Crippen molar-refractivity contribution in [2.75, 3.05) is 32.8 Å². The Kier molecular flexibility index (Phi) is 4.76. The number of likely N-dealkylation sites (tertiary alicyclic amines) is 2. The minimum atomic E-state index is -0.137. The van der Waals surface area contributed by atoms with Crippen LogP contribution in [0.2, 0.25) is 0 Å². The number of aliphatic hydroxyl groups excluding tert-OH is 1. The van der Waals surface area contributed by atoms with Gasteiger partial charge in [-0.1, -0.05) is 12.1 Å². The van der Waals surface area contributed by atoms with E-state index in [1.54, 1.807) is 28.0 Å². The molecule has 24 heavy (non-hydrogen) atoms. The third-order valence-electron chi connectivity index (χ3n) is 5.36. The van der Waals surface area contributed by atoms with Crippen LogP contribution in [0.25, 0.3) is 0 Å². The van der Waals surface area contributed by atoms with E-state index in [0.717, 1.165) is 19.3 Å². The molecule has 0 radical (unpaired) electrons. The van der Waals surface area contributed by atoms with Crippen molar-refractivity contribution in [2.24, 2.45) is 5.41 Å². The lowest BCUT2D eigenvalue weighted by molar-refractivity contribution is -0.139. The summed E-state index contributed by atoms with van der Waals surface area (Å²) in [6.07, 6.45) is 3.07. The molecule has 1 aromatic carbocycles. The highest BCUT2D eigenvalue weighted by Crippen LogP contribution is 2.40. The van der Waals surface area contributed by atoms with E-state index in [4.69, 9.17) is 5.11 Å². The van der Waals surface area contributed by atoms with Gasteiger partial charge in [-0.2, -0.15) is 0 Å². The molecule has 0 aliphatic carbocycles. The van der Waals surface area contributed by atoms with Gasteiger partial charge in [-0.05, 0) is 36.8 Å². The first-order valence-electron chi connectivity index (χ1n) is 8.51. The van der Waals surface area contributed by atoms with Crippen molar-refractivity contribution in [3.8, 4) is 5.75 Å². The number of piperidine rings is 2.